The quantitative estimate of drug-likeness (QED) is 0.860. The van der Waals surface area contributed by atoms with Gasteiger partial charge >= 0.3 is 0 Å². The lowest BCUT2D eigenvalue weighted by atomic mass is 10.2. The minimum atomic E-state index is 0.886. The lowest BCUT2D eigenvalue weighted by Gasteiger charge is -2.07. The molecule has 21 heavy (non-hydrogen) atoms. The zero-order chi connectivity index (χ0) is 14.5. The van der Waals surface area contributed by atoms with Crippen LogP contribution in [0.2, 0.25) is 0 Å². The number of fused-ring (bicyclic) bond motifs is 1. The van der Waals surface area contributed by atoms with E-state index in [0.717, 1.165) is 42.1 Å². The number of hydrogen-bond acceptors (Lipinski definition) is 5. The number of rotatable bonds is 5. The number of thioether (sulfide) groups is 1. The largest absolute Gasteiger partial charge is 0.370 e. The molecule has 2 aromatic rings. The lowest BCUT2D eigenvalue weighted by Crippen LogP contribution is -2.02. The van der Waals surface area contributed by atoms with Crippen LogP contribution < -0.4 is 5.32 Å². The Morgan fingerprint density at radius 2 is 2.19 bits per heavy atom. The van der Waals surface area contributed by atoms with Gasteiger partial charge in [0.25, 0.3) is 0 Å². The summed E-state index contributed by atoms with van der Waals surface area (Å²) in [6.07, 6.45) is 6.76. The maximum atomic E-state index is 4.40. The van der Waals surface area contributed by atoms with Crippen LogP contribution in [0.5, 0.6) is 0 Å². The Labute approximate surface area is 129 Å². The summed E-state index contributed by atoms with van der Waals surface area (Å²) in [6.45, 7) is 4.03. The Balaban J connectivity index is 1.63. The molecular formula is C15H21N5S. The van der Waals surface area contributed by atoms with Gasteiger partial charge in [-0.1, -0.05) is 24.2 Å². The number of pyridine rings is 1. The smallest absolute Gasteiger partial charge is 0.191 e. The number of nitrogens with zero attached hydrogens (tertiary/aromatic N) is 4. The third kappa shape index (κ3) is 3.56. The molecule has 0 aliphatic carbocycles. The van der Waals surface area contributed by atoms with E-state index >= 15 is 0 Å². The standard InChI is InChI=1S/C15H21N5S/c1-2-16-13-8-7-12(10-17-13)11-21-15-19-18-14-6-4-3-5-9-20(14)15/h7-8,10H,2-6,9,11H2,1H3,(H,16,17). The molecule has 0 unspecified atom stereocenters. The third-order valence-electron chi connectivity index (χ3n) is 3.63. The summed E-state index contributed by atoms with van der Waals surface area (Å²) in [5, 5.41) is 12.9. The molecule has 0 aromatic carbocycles. The first-order valence-electron chi connectivity index (χ1n) is 7.60. The molecule has 1 aliphatic heterocycles. The summed E-state index contributed by atoms with van der Waals surface area (Å²) in [5.41, 5.74) is 1.22. The van der Waals surface area contributed by atoms with Gasteiger partial charge in [0.15, 0.2) is 5.16 Å². The fraction of sp³-hybridized carbons (Fsp3) is 0.533. The molecule has 3 heterocycles. The van der Waals surface area contributed by atoms with Crippen LogP contribution in [-0.2, 0) is 18.7 Å². The van der Waals surface area contributed by atoms with Gasteiger partial charge in [-0.3, -0.25) is 0 Å². The Hall–Kier alpha value is -1.56. The minimum Gasteiger partial charge on any atom is -0.370 e. The molecule has 1 N–H and O–H groups in total. The number of aromatic nitrogens is 4. The number of hydrogen-bond donors (Lipinski definition) is 1. The first-order chi connectivity index (χ1) is 10.4. The van der Waals surface area contributed by atoms with Gasteiger partial charge in [-0.2, -0.15) is 0 Å². The summed E-state index contributed by atoms with van der Waals surface area (Å²) < 4.78 is 2.29. The summed E-state index contributed by atoms with van der Waals surface area (Å²) in [7, 11) is 0. The predicted molar refractivity (Wildman–Crippen MR) is 85.5 cm³/mol. The highest BCUT2D eigenvalue weighted by molar-refractivity contribution is 7.98. The third-order valence-corrected chi connectivity index (χ3v) is 4.66. The molecule has 6 heteroatoms. The van der Waals surface area contributed by atoms with E-state index in [-0.39, 0.29) is 0 Å². The molecule has 0 atom stereocenters. The van der Waals surface area contributed by atoms with Crippen molar-refractivity contribution in [2.45, 2.75) is 50.1 Å². The minimum absolute atomic E-state index is 0.886. The first kappa shape index (κ1) is 14.4. The second-order valence-electron chi connectivity index (χ2n) is 5.23. The highest BCUT2D eigenvalue weighted by Crippen LogP contribution is 2.24. The summed E-state index contributed by atoms with van der Waals surface area (Å²) in [5.74, 6) is 2.97. The molecule has 2 aromatic heterocycles. The molecule has 5 nitrogen and oxygen atoms in total. The topological polar surface area (TPSA) is 55.6 Å². The van der Waals surface area contributed by atoms with E-state index in [4.69, 9.17) is 0 Å². The van der Waals surface area contributed by atoms with Crippen LogP contribution in [0, 0.1) is 0 Å². The van der Waals surface area contributed by atoms with Crippen molar-refractivity contribution in [2.24, 2.45) is 0 Å². The normalized spacial score (nSPS) is 14.5. The Kier molecular flexibility index (Phi) is 4.75. The number of aryl methyl sites for hydroxylation is 1. The molecule has 0 bridgehead atoms. The first-order valence-corrected chi connectivity index (χ1v) is 8.59. The molecular weight excluding hydrogens is 282 g/mol. The van der Waals surface area contributed by atoms with Crippen LogP contribution in [0.4, 0.5) is 5.82 Å². The maximum Gasteiger partial charge on any atom is 0.191 e. The highest BCUT2D eigenvalue weighted by Gasteiger charge is 2.14. The molecule has 3 rings (SSSR count). The fourth-order valence-electron chi connectivity index (χ4n) is 2.51. The summed E-state index contributed by atoms with van der Waals surface area (Å²) in [6, 6.07) is 4.15. The molecule has 1 aliphatic rings. The monoisotopic (exact) mass is 303 g/mol. The van der Waals surface area contributed by atoms with Crippen molar-refractivity contribution >= 4 is 17.6 Å². The Bertz CT molecular complexity index is 578. The zero-order valence-electron chi connectivity index (χ0n) is 12.4. The Morgan fingerprint density at radius 1 is 1.24 bits per heavy atom. The average molecular weight is 303 g/mol. The van der Waals surface area contributed by atoms with Gasteiger partial charge in [-0.25, -0.2) is 4.98 Å². The van der Waals surface area contributed by atoms with Crippen molar-refractivity contribution in [2.75, 3.05) is 11.9 Å². The van der Waals surface area contributed by atoms with Crippen molar-refractivity contribution in [3.63, 3.8) is 0 Å². The predicted octanol–water partition coefficient (Wildman–Crippen LogP) is 3.12. The average Bonchev–Trinajstić information content (AvgIpc) is 2.74. The van der Waals surface area contributed by atoms with E-state index in [1.165, 1.54) is 24.8 Å². The summed E-state index contributed by atoms with van der Waals surface area (Å²) >= 11 is 1.75. The van der Waals surface area contributed by atoms with Gasteiger partial charge in [0.05, 0.1) is 0 Å². The van der Waals surface area contributed by atoms with Crippen molar-refractivity contribution in [3.8, 4) is 0 Å². The van der Waals surface area contributed by atoms with Crippen molar-refractivity contribution in [1.29, 1.82) is 0 Å². The molecule has 0 radical (unpaired) electrons. The van der Waals surface area contributed by atoms with Crippen LogP contribution in [-0.4, -0.2) is 26.3 Å². The second-order valence-corrected chi connectivity index (χ2v) is 6.17. The van der Waals surface area contributed by atoms with Crippen LogP contribution in [0.1, 0.15) is 37.6 Å². The van der Waals surface area contributed by atoms with E-state index in [1.807, 2.05) is 12.3 Å². The van der Waals surface area contributed by atoms with E-state index < -0.39 is 0 Å². The SMILES string of the molecule is CCNc1ccc(CSc2nnc3n2CCCCC3)cn1. The fourth-order valence-corrected chi connectivity index (χ4v) is 3.43. The van der Waals surface area contributed by atoms with E-state index in [1.54, 1.807) is 11.8 Å². The molecule has 0 saturated heterocycles. The molecule has 0 fully saturated rings. The van der Waals surface area contributed by atoms with Gasteiger partial charge in [-0.05, 0) is 31.4 Å². The Morgan fingerprint density at radius 3 is 3.00 bits per heavy atom. The van der Waals surface area contributed by atoms with Crippen LogP contribution in [0.3, 0.4) is 0 Å². The van der Waals surface area contributed by atoms with E-state index in [0.29, 0.717) is 0 Å². The van der Waals surface area contributed by atoms with E-state index in [2.05, 4.69) is 38.1 Å². The molecule has 112 valence electrons. The zero-order valence-corrected chi connectivity index (χ0v) is 13.2. The van der Waals surface area contributed by atoms with Crippen LogP contribution >= 0.6 is 11.8 Å². The van der Waals surface area contributed by atoms with Crippen molar-refractivity contribution in [3.05, 3.63) is 29.7 Å². The summed E-state index contributed by atoms with van der Waals surface area (Å²) in [4.78, 5) is 4.40. The molecule has 0 saturated carbocycles. The molecule has 0 amide bonds. The van der Waals surface area contributed by atoms with Gasteiger partial charge in [0.1, 0.15) is 11.6 Å². The van der Waals surface area contributed by atoms with Gasteiger partial charge in [0, 0.05) is 31.5 Å². The number of nitrogens with one attached hydrogen (secondary N) is 1. The van der Waals surface area contributed by atoms with Crippen LogP contribution in [0.15, 0.2) is 23.5 Å². The molecule has 0 spiro atoms. The van der Waals surface area contributed by atoms with Gasteiger partial charge in [0.2, 0.25) is 0 Å². The van der Waals surface area contributed by atoms with Gasteiger partial charge in [-0.15, -0.1) is 10.2 Å². The van der Waals surface area contributed by atoms with Crippen molar-refractivity contribution in [1.82, 2.24) is 19.7 Å². The van der Waals surface area contributed by atoms with E-state index in [9.17, 15) is 0 Å². The second kappa shape index (κ2) is 6.93. The maximum absolute atomic E-state index is 4.40. The van der Waals surface area contributed by atoms with Crippen LogP contribution in [0.25, 0.3) is 0 Å². The lowest BCUT2D eigenvalue weighted by molar-refractivity contribution is 0.591. The number of anilines is 1. The van der Waals surface area contributed by atoms with Crippen molar-refractivity contribution < 1.29 is 0 Å². The van der Waals surface area contributed by atoms with Gasteiger partial charge < -0.3 is 9.88 Å². The highest BCUT2D eigenvalue weighted by atomic mass is 32.2.